The minimum absolute atomic E-state index is 0.0839. The van der Waals surface area contributed by atoms with E-state index in [9.17, 15) is 13.2 Å². The van der Waals surface area contributed by atoms with Gasteiger partial charge in [-0.2, -0.15) is 4.98 Å². The molecule has 1 N–H and O–H groups in total. The third kappa shape index (κ3) is 8.16. The van der Waals surface area contributed by atoms with Crippen molar-refractivity contribution in [2.24, 2.45) is 10.8 Å². The molecule has 7 rings (SSSR count). The smallest absolute Gasteiger partial charge is 0.264 e. The third-order valence-corrected chi connectivity index (χ3v) is 11.9. The number of aromatic nitrogens is 4. The van der Waals surface area contributed by atoms with Crippen LogP contribution in [-0.2, 0) is 21.3 Å². The Labute approximate surface area is 312 Å². The highest BCUT2D eigenvalue weighted by Crippen LogP contribution is 2.62. The zero-order valence-electron chi connectivity index (χ0n) is 31.4. The lowest BCUT2D eigenvalue weighted by Crippen LogP contribution is -2.48. The van der Waals surface area contributed by atoms with Gasteiger partial charge >= 0.3 is 0 Å². The Bertz CT molecular complexity index is 2090. The van der Waals surface area contributed by atoms with Crippen molar-refractivity contribution in [3.8, 4) is 17.1 Å². The van der Waals surface area contributed by atoms with Crippen molar-refractivity contribution in [3.05, 3.63) is 83.3 Å². The monoisotopic (exact) mass is 739 g/mol. The first kappa shape index (κ1) is 36.7. The summed E-state index contributed by atoms with van der Waals surface area (Å²) in [5.74, 6) is 1.000. The number of anilines is 2. The van der Waals surface area contributed by atoms with Gasteiger partial charge in [-0.05, 0) is 92.2 Å². The van der Waals surface area contributed by atoms with E-state index in [0.717, 1.165) is 35.3 Å². The first-order valence-electron chi connectivity index (χ1n) is 18.3. The van der Waals surface area contributed by atoms with Gasteiger partial charge in [-0.25, -0.2) is 28.1 Å². The predicted octanol–water partition coefficient (Wildman–Crippen LogP) is 6.59. The number of hydrogen-bond donors (Lipinski definition) is 1. The number of methoxy groups -OCH3 is 1. The third-order valence-electron chi connectivity index (χ3n) is 10.6. The average Bonchev–Trinajstić information content (AvgIpc) is 3.90. The normalized spacial score (nSPS) is 19.2. The van der Waals surface area contributed by atoms with Gasteiger partial charge in [-0.15, -0.1) is 0 Å². The van der Waals surface area contributed by atoms with Gasteiger partial charge in [-0.1, -0.05) is 45.0 Å². The summed E-state index contributed by atoms with van der Waals surface area (Å²) >= 11 is 0. The fourth-order valence-corrected chi connectivity index (χ4v) is 8.73. The van der Waals surface area contributed by atoms with Gasteiger partial charge in [0.15, 0.2) is 0 Å². The van der Waals surface area contributed by atoms with Gasteiger partial charge in [0.2, 0.25) is 11.8 Å². The van der Waals surface area contributed by atoms with Crippen molar-refractivity contribution in [3.63, 3.8) is 0 Å². The minimum Gasteiger partial charge on any atom is -0.475 e. The lowest BCUT2D eigenvalue weighted by molar-refractivity contribution is 0.0505. The lowest BCUT2D eigenvalue weighted by atomic mass is 9.76. The van der Waals surface area contributed by atoms with Crippen LogP contribution in [0.4, 0.5) is 11.8 Å². The van der Waals surface area contributed by atoms with Crippen LogP contribution in [0.1, 0.15) is 80.2 Å². The fraction of sp³-hybridized carbons (Fsp3) is 0.475. The van der Waals surface area contributed by atoms with Gasteiger partial charge in [0, 0.05) is 43.1 Å². The second-order valence-electron chi connectivity index (χ2n) is 16.1. The number of carbonyl (C=O) groups is 1. The number of aryl methyl sites for hydroxylation is 2. The molecule has 0 saturated heterocycles. The van der Waals surface area contributed by atoms with E-state index in [-0.39, 0.29) is 46.8 Å². The van der Waals surface area contributed by atoms with Crippen molar-refractivity contribution >= 4 is 27.7 Å². The zero-order valence-corrected chi connectivity index (χ0v) is 32.2. The molecule has 1 aliphatic heterocycles. The Balaban J connectivity index is 1.29. The average molecular weight is 740 g/mol. The first-order chi connectivity index (χ1) is 25.2. The molecule has 4 bridgehead atoms. The van der Waals surface area contributed by atoms with Crippen molar-refractivity contribution in [1.82, 2.24) is 24.8 Å². The fourth-order valence-electron chi connectivity index (χ4n) is 7.74. The van der Waals surface area contributed by atoms with Gasteiger partial charge < -0.3 is 19.3 Å². The number of hydrogen-bond acceptors (Lipinski definition) is 10. The molecule has 0 unspecified atom stereocenters. The highest BCUT2D eigenvalue weighted by molar-refractivity contribution is 7.92. The van der Waals surface area contributed by atoms with Crippen LogP contribution < -0.4 is 14.4 Å². The highest BCUT2D eigenvalue weighted by Gasteiger charge is 2.54. The molecule has 2 aromatic carbocycles. The number of benzene rings is 2. The Morgan fingerprint density at radius 3 is 2.45 bits per heavy atom. The topological polar surface area (TPSA) is 140 Å². The molecule has 13 heteroatoms. The maximum atomic E-state index is 14.7. The summed E-state index contributed by atoms with van der Waals surface area (Å²) < 4.78 is 42.1. The molecule has 12 nitrogen and oxygen atoms in total. The van der Waals surface area contributed by atoms with Crippen molar-refractivity contribution < 1.29 is 22.7 Å². The summed E-state index contributed by atoms with van der Waals surface area (Å²) in [6.07, 6.45) is 7.21. The molecule has 1 amide bonds. The second kappa shape index (κ2) is 14.3. The number of ether oxygens (including phenoxy) is 2. The summed E-state index contributed by atoms with van der Waals surface area (Å²) in [7, 11) is -2.49. The number of nitrogens with zero attached hydrogens (tertiary/aromatic N) is 6. The molecule has 1 atom stereocenters. The molecule has 4 aromatic rings. The number of carbonyl (C=O) groups excluding carboxylic acids is 1. The molecule has 1 spiro atoms. The SMILES string of the molecule is COCCN(c1ccnc(CN2C(=O)c3cccc(c3)S(=O)(=O)Nc3nc(cc(-c4c(C)cccc4C)n3)OC[C@H]2CC(C)(C)C)n1)C1CC2(CC2)C1. The summed E-state index contributed by atoms with van der Waals surface area (Å²) in [6, 6.07) is 15.6. The van der Waals surface area contributed by atoms with Gasteiger partial charge in [0.25, 0.3) is 15.9 Å². The van der Waals surface area contributed by atoms with E-state index in [2.05, 4.69) is 45.3 Å². The quantitative estimate of drug-likeness (QED) is 0.200. The minimum atomic E-state index is -4.19. The molecule has 2 saturated carbocycles. The highest BCUT2D eigenvalue weighted by atomic mass is 32.2. The molecule has 2 aliphatic carbocycles. The van der Waals surface area contributed by atoms with Gasteiger partial charge in [0.05, 0.1) is 29.8 Å². The van der Waals surface area contributed by atoms with Crippen LogP contribution in [0.25, 0.3) is 11.3 Å². The number of rotatable bonds is 9. The van der Waals surface area contributed by atoms with E-state index >= 15 is 0 Å². The molecule has 3 heterocycles. The van der Waals surface area contributed by atoms with Crippen molar-refractivity contribution in [2.45, 2.75) is 90.2 Å². The number of sulfonamides is 1. The van der Waals surface area contributed by atoms with Crippen molar-refractivity contribution in [1.29, 1.82) is 0 Å². The predicted molar refractivity (Wildman–Crippen MR) is 203 cm³/mol. The van der Waals surface area contributed by atoms with Crippen LogP contribution in [-0.4, -0.2) is 78.1 Å². The van der Waals surface area contributed by atoms with Crippen LogP contribution >= 0.6 is 0 Å². The van der Waals surface area contributed by atoms with Crippen LogP contribution in [0.3, 0.4) is 0 Å². The Morgan fingerprint density at radius 1 is 1.02 bits per heavy atom. The van der Waals surface area contributed by atoms with E-state index in [1.54, 1.807) is 36.4 Å². The molecule has 2 fully saturated rings. The molecular weight excluding hydrogens is 691 g/mol. The summed E-state index contributed by atoms with van der Waals surface area (Å²) in [5, 5.41) is 0. The molecule has 2 aromatic heterocycles. The van der Waals surface area contributed by atoms with Crippen molar-refractivity contribution in [2.75, 3.05) is 36.5 Å². The molecular formula is C40H49N7O5S. The molecule has 280 valence electrons. The molecule has 53 heavy (non-hydrogen) atoms. The Hall–Kier alpha value is -4.62. The largest absolute Gasteiger partial charge is 0.475 e. The van der Waals surface area contributed by atoms with E-state index in [0.29, 0.717) is 42.5 Å². The zero-order chi connectivity index (χ0) is 37.5. The number of fused-ring (bicyclic) bond motifs is 4. The number of nitrogens with one attached hydrogen (secondary N) is 1. The molecule has 0 radical (unpaired) electrons. The van der Waals surface area contributed by atoms with Gasteiger partial charge in [0.1, 0.15) is 18.2 Å². The summed E-state index contributed by atoms with van der Waals surface area (Å²) in [4.78, 5) is 37.5. The van der Waals surface area contributed by atoms with E-state index in [1.165, 1.54) is 25.0 Å². The Morgan fingerprint density at radius 2 is 1.75 bits per heavy atom. The van der Waals surface area contributed by atoms with E-state index in [4.69, 9.17) is 14.5 Å². The molecule has 3 aliphatic rings. The van der Waals surface area contributed by atoms with E-state index < -0.39 is 16.1 Å². The second-order valence-corrected chi connectivity index (χ2v) is 17.7. The summed E-state index contributed by atoms with van der Waals surface area (Å²) in [5.41, 5.74) is 3.86. The van der Waals surface area contributed by atoms with E-state index in [1.807, 2.05) is 38.1 Å². The first-order valence-corrected chi connectivity index (χ1v) is 19.8. The maximum Gasteiger partial charge on any atom is 0.264 e. The van der Waals surface area contributed by atoms with Crippen LogP contribution in [0, 0.1) is 24.7 Å². The standard InChI is InChI=1S/C40H49N7O5S/c1-26-9-7-10-27(2)36(26)32-20-35-44-38(42-32)45-53(49,50)31-12-8-11-28(19-31)37(48)47(30(25-52-35)21-39(3,4)5)24-33-41-16-13-34(43-33)46(17-18-51-6)29-22-40(23-29)14-15-40/h7-13,16,19-20,29-30H,14-15,17-18,21-25H2,1-6H3,(H,42,44,45)/t30-/m1/s1. The Kier molecular flexibility index (Phi) is 9.92. The van der Waals surface area contributed by atoms with Crippen LogP contribution in [0.15, 0.2) is 65.7 Å². The van der Waals surface area contributed by atoms with Crippen LogP contribution in [0.2, 0.25) is 0 Å². The van der Waals surface area contributed by atoms with Gasteiger partial charge in [-0.3, -0.25) is 4.79 Å². The maximum absolute atomic E-state index is 14.7. The summed E-state index contributed by atoms with van der Waals surface area (Å²) in [6.45, 7) is 11.8. The number of amides is 1. The lowest BCUT2D eigenvalue weighted by Gasteiger charge is -2.44. The van der Waals surface area contributed by atoms with Crippen LogP contribution in [0.5, 0.6) is 5.88 Å².